The first kappa shape index (κ1) is 24.4. The topological polar surface area (TPSA) is 61.9 Å². The third-order valence-electron chi connectivity index (χ3n) is 6.43. The summed E-state index contributed by atoms with van der Waals surface area (Å²) in [6, 6.07) is 11.7. The Labute approximate surface area is 207 Å². The quantitative estimate of drug-likeness (QED) is 0.584. The van der Waals surface area contributed by atoms with Gasteiger partial charge in [-0.1, -0.05) is 35.9 Å². The van der Waals surface area contributed by atoms with Crippen LogP contribution in [0.15, 0.2) is 36.4 Å². The van der Waals surface area contributed by atoms with Crippen molar-refractivity contribution in [3.63, 3.8) is 0 Å². The van der Waals surface area contributed by atoms with E-state index in [9.17, 15) is 9.59 Å². The summed E-state index contributed by atoms with van der Waals surface area (Å²) in [4.78, 5) is 29.7. The van der Waals surface area contributed by atoms with Gasteiger partial charge in [0.1, 0.15) is 11.6 Å². The molecule has 7 heteroatoms. The zero-order chi connectivity index (χ0) is 24.5. The number of rotatable bonds is 4. The number of fused-ring (bicyclic) bond motifs is 1. The molecule has 0 aromatic heterocycles. The molecule has 1 N–H and O–H groups in total. The van der Waals surface area contributed by atoms with E-state index in [0.717, 1.165) is 43.6 Å². The molecule has 0 unspecified atom stereocenters. The molecule has 1 fully saturated rings. The molecule has 34 heavy (non-hydrogen) atoms. The summed E-state index contributed by atoms with van der Waals surface area (Å²) in [5, 5.41) is 3.64. The van der Waals surface area contributed by atoms with E-state index in [1.807, 2.05) is 32.9 Å². The lowest BCUT2D eigenvalue weighted by molar-refractivity contribution is -0.122. The summed E-state index contributed by atoms with van der Waals surface area (Å²) >= 11 is 6.72. The molecule has 4 rings (SSSR count). The van der Waals surface area contributed by atoms with Gasteiger partial charge in [-0.2, -0.15) is 0 Å². The summed E-state index contributed by atoms with van der Waals surface area (Å²) in [6.45, 7) is 9.83. The molecule has 1 saturated heterocycles. The van der Waals surface area contributed by atoms with Gasteiger partial charge in [0.2, 0.25) is 5.91 Å². The fourth-order valence-electron chi connectivity index (χ4n) is 4.76. The van der Waals surface area contributed by atoms with Gasteiger partial charge in [0.05, 0.1) is 10.7 Å². The van der Waals surface area contributed by atoms with Gasteiger partial charge in [0.15, 0.2) is 0 Å². The molecule has 2 aromatic carbocycles. The van der Waals surface area contributed by atoms with E-state index < -0.39 is 17.7 Å². The number of anilines is 2. The Balaban J connectivity index is 1.48. The number of hydrogen-bond donors (Lipinski definition) is 1. The SMILES string of the molecule is Cc1ccccc1CN1CCc2cc(NC(=O)[C@H]3CCCCN3C(=O)OC(C)(C)C)cc(Cl)c21. The Hall–Kier alpha value is -2.73. The van der Waals surface area contributed by atoms with Crippen LogP contribution in [-0.2, 0) is 22.5 Å². The molecular formula is C27H34ClN3O3. The maximum atomic E-state index is 13.2. The average molecular weight is 484 g/mol. The molecule has 2 amide bonds. The van der Waals surface area contributed by atoms with Crippen LogP contribution < -0.4 is 10.2 Å². The summed E-state index contributed by atoms with van der Waals surface area (Å²) in [5.41, 5.74) is 4.77. The maximum absolute atomic E-state index is 13.2. The number of carbonyl (C=O) groups excluding carboxylic acids is 2. The smallest absolute Gasteiger partial charge is 0.410 e. The average Bonchev–Trinajstić information content (AvgIpc) is 3.17. The minimum absolute atomic E-state index is 0.198. The fraction of sp³-hybridized carbons (Fsp3) is 0.481. The Morgan fingerprint density at radius 2 is 1.91 bits per heavy atom. The van der Waals surface area contributed by atoms with Crippen molar-refractivity contribution in [2.75, 3.05) is 23.3 Å². The highest BCUT2D eigenvalue weighted by molar-refractivity contribution is 6.34. The van der Waals surface area contributed by atoms with Crippen LogP contribution in [0, 0.1) is 6.92 Å². The normalized spacial score (nSPS) is 18.0. The van der Waals surface area contributed by atoms with E-state index in [2.05, 4.69) is 41.4 Å². The Morgan fingerprint density at radius 1 is 1.15 bits per heavy atom. The largest absolute Gasteiger partial charge is 0.444 e. The molecule has 6 nitrogen and oxygen atoms in total. The van der Waals surface area contributed by atoms with Crippen LogP contribution in [0.25, 0.3) is 0 Å². The van der Waals surface area contributed by atoms with Crippen molar-refractivity contribution in [3.05, 3.63) is 58.1 Å². The van der Waals surface area contributed by atoms with Crippen molar-refractivity contribution in [2.24, 2.45) is 0 Å². The zero-order valence-electron chi connectivity index (χ0n) is 20.5. The number of piperidine rings is 1. The molecule has 2 heterocycles. The van der Waals surface area contributed by atoms with Crippen molar-refractivity contribution in [3.8, 4) is 0 Å². The minimum atomic E-state index is -0.604. The molecular weight excluding hydrogens is 450 g/mol. The molecule has 0 spiro atoms. The fourth-order valence-corrected chi connectivity index (χ4v) is 5.12. The van der Waals surface area contributed by atoms with E-state index >= 15 is 0 Å². The number of benzene rings is 2. The van der Waals surface area contributed by atoms with Gasteiger partial charge in [0, 0.05) is 25.3 Å². The van der Waals surface area contributed by atoms with Crippen LogP contribution >= 0.6 is 11.6 Å². The number of nitrogens with one attached hydrogen (secondary N) is 1. The van der Waals surface area contributed by atoms with Gasteiger partial charge in [-0.05, 0) is 82.2 Å². The number of nitrogens with zero attached hydrogens (tertiary/aromatic N) is 2. The molecule has 182 valence electrons. The van der Waals surface area contributed by atoms with E-state index in [-0.39, 0.29) is 5.91 Å². The van der Waals surface area contributed by atoms with Crippen molar-refractivity contribution in [2.45, 2.75) is 71.6 Å². The highest BCUT2D eigenvalue weighted by Gasteiger charge is 2.35. The molecule has 2 aliphatic heterocycles. The second kappa shape index (κ2) is 9.87. The van der Waals surface area contributed by atoms with E-state index in [1.54, 1.807) is 4.90 Å². The summed E-state index contributed by atoms with van der Waals surface area (Å²) < 4.78 is 5.54. The van der Waals surface area contributed by atoms with Crippen LogP contribution in [-0.4, -0.2) is 41.6 Å². The number of amides is 2. The Kier molecular flexibility index (Phi) is 7.08. The summed E-state index contributed by atoms with van der Waals surface area (Å²) in [7, 11) is 0. The predicted octanol–water partition coefficient (Wildman–Crippen LogP) is 5.94. The monoisotopic (exact) mass is 483 g/mol. The van der Waals surface area contributed by atoms with E-state index in [1.165, 1.54) is 11.1 Å². The third kappa shape index (κ3) is 5.49. The van der Waals surface area contributed by atoms with Crippen molar-refractivity contribution < 1.29 is 14.3 Å². The summed E-state index contributed by atoms with van der Waals surface area (Å²) in [6.07, 6.45) is 2.82. The van der Waals surface area contributed by atoms with E-state index in [0.29, 0.717) is 23.7 Å². The molecule has 0 radical (unpaired) electrons. The van der Waals surface area contributed by atoms with Gasteiger partial charge in [-0.3, -0.25) is 9.69 Å². The standard InChI is InChI=1S/C27H34ClN3O3/c1-18-9-5-6-10-20(18)17-30-14-12-19-15-21(16-22(28)24(19)30)29-25(32)23-11-7-8-13-31(23)26(33)34-27(2,3)4/h5-6,9-10,15-16,23H,7-8,11-14,17H2,1-4H3,(H,29,32)/t23-/m1/s1. The van der Waals surface area contributed by atoms with Crippen LogP contribution in [0.3, 0.4) is 0 Å². The lowest BCUT2D eigenvalue weighted by Crippen LogP contribution is -2.51. The molecule has 2 aliphatic rings. The number of likely N-dealkylation sites (tertiary alicyclic amines) is 1. The molecule has 0 bridgehead atoms. The number of ether oxygens (including phenoxy) is 1. The van der Waals surface area contributed by atoms with Crippen LogP contribution in [0.5, 0.6) is 0 Å². The van der Waals surface area contributed by atoms with Crippen molar-refractivity contribution in [1.29, 1.82) is 0 Å². The van der Waals surface area contributed by atoms with Gasteiger partial charge in [0.25, 0.3) is 0 Å². The number of carbonyl (C=O) groups is 2. The highest BCUT2D eigenvalue weighted by atomic mass is 35.5. The molecule has 2 aromatic rings. The second-order valence-electron chi connectivity index (χ2n) is 10.2. The number of halogens is 1. The molecule has 0 aliphatic carbocycles. The molecule has 1 atom stereocenters. The van der Waals surface area contributed by atoms with Crippen LogP contribution in [0.2, 0.25) is 5.02 Å². The zero-order valence-corrected chi connectivity index (χ0v) is 21.2. The number of aryl methyl sites for hydroxylation is 1. The van der Waals surface area contributed by atoms with Crippen LogP contribution in [0.4, 0.5) is 16.2 Å². The Morgan fingerprint density at radius 3 is 2.65 bits per heavy atom. The molecule has 0 saturated carbocycles. The first-order valence-corrected chi connectivity index (χ1v) is 12.4. The van der Waals surface area contributed by atoms with Gasteiger partial charge >= 0.3 is 6.09 Å². The van der Waals surface area contributed by atoms with Crippen LogP contribution in [0.1, 0.15) is 56.7 Å². The van der Waals surface area contributed by atoms with Gasteiger partial charge < -0.3 is 15.0 Å². The highest BCUT2D eigenvalue weighted by Crippen LogP contribution is 2.39. The van der Waals surface area contributed by atoms with E-state index in [4.69, 9.17) is 16.3 Å². The van der Waals surface area contributed by atoms with Gasteiger partial charge in [-0.15, -0.1) is 0 Å². The lowest BCUT2D eigenvalue weighted by atomic mass is 10.0. The Bertz CT molecular complexity index is 1080. The summed E-state index contributed by atoms with van der Waals surface area (Å²) in [5.74, 6) is -0.198. The first-order valence-electron chi connectivity index (χ1n) is 12.0. The van der Waals surface area contributed by atoms with Gasteiger partial charge in [-0.25, -0.2) is 4.79 Å². The van der Waals surface area contributed by atoms with Crippen molar-refractivity contribution in [1.82, 2.24) is 4.90 Å². The predicted molar refractivity (Wildman–Crippen MR) is 137 cm³/mol. The third-order valence-corrected chi connectivity index (χ3v) is 6.72. The van der Waals surface area contributed by atoms with Crippen molar-refractivity contribution >= 4 is 35.0 Å². The lowest BCUT2D eigenvalue weighted by Gasteiger charge is -2.35. The number of hydrogen-bond acceptors (Lipinski definition) is 4. The second-order valence-corrected chi connectivity index (χ2v) is 10.6. The minimum Gasteiger partial charge on any atom is -0.444 e. The first-order chi connectivity index (χ1) is 16.1. The maximum Gasteiger partial charge on any atom is 0.410 e.